The molecule has 0 radical (unpaired) electrons. The van der Waals surface area contributed by atoms with Crippen molar-refractivity contribution < 1.29 is 9.59 Å². The van der Waals surface area contributed by atoms with Crippen LogP contribution in [0.4, 0.5) is 5.69 Å². The first-order valence-electron chi connectivity index (χ1n) is 9.73. The van der Waals surface area contributed by atoms with Crippen LogP contribution >= 0.6 is 0 Å². The average Bonchev–Trinajstić information content (AvgIpc) is 2.65. The van der Waals surface area contributed by atoms with E-state index in [-0.39, 0.29) is 23.8 Å². The molecule has 27 heavy (non-hydrogen) atoms. The molecule has 1 aromatic rings. The van der Waals surface area contributed by atoms with Gasteiger partial charge in [0.25, 0.3) is 0 Å². The molecule has 1 aliphatic rings. The quantitative estimate of drug-likeness (QED) is 0.414. The number of hydrogen-bond donors (Lipinski definition) is 4. The summed E-state index contributed by atoms with van der Waals surface area (Å²) in [7, 11) is 0. The van der Waals surface area contributed by atoms with Crippen molar-refractivity contribution in [2.75, 3.05) is 25.0 Å². The molecular weight excluding hydrogens is 342 g/mol. The Balaban J connectivity index is 1.91. The zero-order chi connectivity index (χ0) is 19.6. The molecule has 0 aliphatic carbocycles. The fourth-order valence-electron chi connectivity index (χ4n) is 2.95. The number of carbonyl (C=O) groups excluding carboxylic acids is 2. The zero-order valence-electron chi connectivity index (χ0n) is 16.5. The first-order valence-corrected chi connectivity index (χ1v) is 9.73. The Hall–Kier alpha value is -2.57. The molecule has 1 aromatic carbocycles. The van der Waals surface area contributed by atoms with Crippen LogP contribution < -0.4 is 21.3 Å². The number of anilines is 1. The average molecular weight is 374 g/mol. The van der Waals surface area contributed by atoms with Gasteiger partial charge in [-0.05, 0) is 31.9 Å². The standard InChI is InChI=1S/C20H31N5O2/c1-4-14(3)24-18(26)10-11-22-20(21-5-2)23-13-15-12-19(27)25-17-9-7-6-8-16(15)17/h6-9,14-15H,4-5,10-13H2,1-3H3,(H,24,26)(H,25,27)(H2,21,22,23). The van der Waals surface area contributed by atoms with Crippen LogP contribution in [0.2, 0.25) is 0 Å². The molecule has 7 nitrogen and oxygen atoms in total. The Labute approximate surface area is 161 Å². The van der Waals surface area contributed by atoms with Gasteiger partial charge >= 0.3 is 0 Å². The van der Waals surface area contributed by atoms with Crippen molar-refractivity contribution in [1.29, 1.82) is 0 Å². The van der Waals surface area contributed by atoms with Gasteiger partial charge in [-0.2, -0.15) is 0 Å². The van der Waals surface area contributed by atoms with Gasteiger partial charge < -0.3 is 21.3 Å². The highest BCUT2D eigenvalue weighted by atomic mass is 16.2. The summed E-state index contributed by atoms with van der Waals surface area (Å²) in [6.07, 6.45) is 1.74. The van der Waals surface area contributed by atoms with Crippen molar-refractivity contribution in [2.24, 2.45) is 4.99 Å². The third-order valence-corrected chi connectivity index (χ3v) is 4.58. The van der Waals surface area contributed by atoms with Crippen molar-refractivity contribution in [2.45, 2.75) is 52.0 Å². The Bertz CT molecular complexity index is 674. The van der Waals surface area contributed by atoms with Crippen LogP contribution in [0.25, 0.3) is 0 Å². The summed E-state index contributed by atoms with van der Waals surface area (Å²) in [5, 5.41) is 12.2. The van der Waals surface area contributed by atoms with Crippen LogP contribution in [0, 0.1) is 0 Å². The van der Waals surface area contributed by atoms with Crippen molar-refractivity contribution in [3.05, 3.63) is 29.8 Å². The number of aliphatic imine (C=N–C) groups is 1. The summed E-state index contributed by atoms with van der Waals surface area (Å²) in [5.41, 5.74) is 1.98. The van der Waals surface area contributed by atoms with Gasteiger partial charge in [0.1, 0.15) is 0 Å². The molecule has 2 amide bonds. The molecule has 2 atom stereocenters. The van der Waals surface area contributed by atoms with Gasteiger partial charge in [-0.1, -0.05) is 25.1 Å². The third kappa shape index (κ3) is 6.58. The van der Waals surface area contributed by atoms with Crippen LogP contribution in [-0.4, -0.2) is 43.5 Å². The molecular formula is C20H31N5O2. The monoisotopic (exact) mass is 373 g/mol. The first-order chi connectivity index (χ1) is 13.0. The molecule has 2 unspecified atom stereocenters. The molecule has 148 valence electrons. The summed E-state index contributed by atoms with van der Waals surface area (Å²) >= 11 is 0. The van der Waals surface area contributed by atoms with E-state index in [0.717, 1.165) is 24.2 Å². The van der Waals surface area contributed by atoms with Crippen molar-refractivity contribution in [3.8, 4) is 0 Å². The SMILES string of the molecule is CCNC(=NCC1CC(=O)Nc2ccccc21)NCCC(=O)NC(C)CC. The Morgan fingerprint density at radius 3 is 2.81 bits per heavy atom. The number of fused-ring (bicyclic) bond motifs is 1. The number of benzene rings is 1. The number of amides is 2. The predicted octanol–water partition coefficient (Wildman–Crippen LogP) is 1.97. The van der Waals surface area contributed by atoms with Crippen LogP contribution in [0.3, 0.4) is 0 Å². The maximum absolute atomic E-state index is 11.9. The van der Waals surface area contributed by atoms with Gasteiger partial charge in [-0.25, -0.2) is 0 Å². The van der Waals surface area contributed by atoms with Crippen LogP contribution in [0.15, 0.2) is 29.3 Å². The first kappa shape index (κ1) is 20.7. The summed E-state index contributed by atoms with van der Waals surface area (Å²) in [4.78, 5) is 28.4. The van der Waals surface area contributed by atoms with Gasteiger partial charge in [0, 0.05) is 43.6 Å². The van der Waals surface area contributed by atoms with E-state index in [4.69, 9.17) is 0 Å². The zero-order valence-corrected chi connectivity index (χ0v) is 16.5. The van der Waals surface area contributed by atoms with Crippen LogP contribution in [-0.2, 0) is 9.59 Å². The van der Waals surface area contributed by atoms with E-state index in [1.54, 1.807) is 0 Å². The number of carbonyl (C=O) groups is 2. The van der Waals surface area contributed by atoms with E-state index < -0.39 is 0 Å². The molecule has 4 N–H and O–H groups in total. The van der Waals surface area contributed by atoms with Gasteiger partial charge in [0.15, 0.2) is 5.96 Å². The molecule has 0 spiro atoms. The molecule has 1 aliphatic heterocycles. The van der Waals surface area contributed by atoms with Gasteiger partial charge in [-0.15, -0.1) is 0 Å². The predicted molar refractivity (Wildman–Crippen MR) is 109 cm³/mol. The molecule has 2 rings (SSSR count). The van der Waals surface area contributed by atoms with Gasteiger partial charge in [-0.3, -0.25) is 14.6 Å². The summed E-state index contributed by atoms with van der Waals surface area (Å²) in [6.45, 7) is 7.79. The van der Waals surface area contributed by atoms with Crippen LogP contribution in [0.5, 0.6) is 0 Å². The lowest BCUT2D eigenvalue weighted by atomic mass is 9.91. The van der Waals surface area contributed by atoms with E-state index in [1.807, 2.05) is 45.0 Å². The topological polar surface area (TPSA) is 94.6 Å². The molecule has 0 bridgehead atoms. The third-order valence-electron chi connectivity index (χ3n) is 4.58. The number of guanidine groups is 1. The Kier molecular flexibility index (Phi) is 8.10. The summed E-state index contributed by atoms with van der Waals surface area (Å²) < 4.78 is 0. The fraction of sp³-hybridized carbons (Fsp3) is 0.550. The maximum Gasteiger partial charge on any atom is 0.225 e. The van der Waals surface area contributed by atoms with E-state index >= 15 is 0 Å². The second kappa shape index (κ2) is 10.5. The smallest absolute Gasteiger partial charge is 0.225 e. The van der Waals surface area contributed by atoms with E-state index in [2.05, 4.69) is 26.3 Å². The van der Waals surface area contributed by atoms with Gasteiger partial charge in [0.2, 0.25) is 11.8 Å². The minimum atomic E-state index is 0.0218. The second-order valence-corrected chi connectivity index (χ2v) is 6.81. The van der Waals surface area contributed by atoms with Crippen molar-refractivity contribution >= 4 is 23.5 Å². The normalized spacial score (nSPS) is 17.5. The Morgan fingerprint density at radius 2 is 2.07 bits per heavy atom. The number of rotatable bonds is 8. The highest BCUT2D eigenvalue weighted by molar-refractivity contribution is 5.94. The largest absolute Gasteiger partial charge is 0.357 e. The van der Waals surface area contributed by atoms with Crippen molar-refractivity contribution in [3.63, 3.8) is 0 Å². The molecule has 0 saturated heterocycles. The van der Waals surface area contributed by atoms with E-state index in [9.17, 15) is 9.59 Å². The highest BCUT2D eigenvalue weighted by Crippen LogP contribution is 2.31. The number of para-hydroxylation sites is 1. The molecule has 0 aromatic heterocycles. The fourth-order valence-corrected chi connectivity index (χ4v) is 2.95. The van der Waals surface area contributed by atoms with E-state index in [0.29, 0.717) is 31.9 Å². The van der Waals surface area contributed by atoms with Crippen molar-refractivity contribution in [1.82, 2.24) is 16.0 Å². The molecule has 0 saturated carbocycles. The number of nitrogens with one attached hydrogen (secondary N) is 4. The lowest BCUT2D eigenvalue weighted by Crippen LogP contribution is -2.40. The lowest BCUT2D eigenvalue weighted by molar-refractivity contribution is -0.121. The number of hydrogen-bond acceptors (Lipinski definition) is 3. The number of nitrogens with zero attached hydrogens (tertiary/aromatic N) is 1. The molecule has 7 heteroatoms. The van der Waals surface area contributed by atoms with Gasteiger partial charge in [0.05, 0.1) is 6.54 Å². The summed E-state index contributed by atoms with van der Waals surface area (Å²) in [6, 6.07) is 8.04. The lowest BCUT2D eigenvalue weighted by Gasteiger charge is -2.24. The molecule has 0 fully saturated rings. The van der Waals surface area contributed by atoms with Crippen LogP contribution in [0.1, 0.15) is 51.5 Å². The van der Waals surface area contributed by atoms with E-state index in [1.165, 1.54) is 0 Å². The summed E-state index contributed by atoms with van der Waals surface area (Å²) in [5.74, 6) is 0.774. The molecule has 1 heterocycles. The minimum absolute atomic E-state index is 0.0218. The Morgan fingerprint density at radius 1 is 1.30 bits per heavy atom. The maximum atomic E-state index is 11.9. The second-order valence-electron chi connectivity index (χ2n) is 6.81. The highest BCUT2D eigenvalue weighted by Gasteiger charge is 2.24. The minimum Gasteiger partial charge on any atom is -0.357 e.